The molecule has 2 rings (SSSR count). The van der Waals surface area contributed by atoms with Crippen LogP contribution in [0.25, 0.3) is 0 Å². The molecule has 0 saturated carbocycles. The van der Waals surface area contributed by atoms with Gasteiger partial charge in [-0.2, -0.15) is 0 Å². The fourth-order valence-electron chi connectivity index (χ4n) is 1.67. The highest BCUT2D eigenvalue weighted by Gasteiger charge is 2.03. The van der Waals surface area contributed by atoms with Gasteiger partial charge in [-0.1, -0.05) is 0 Å². The maximum Gasteiger partial charge on any atom is 0.225 e. The molecule has 0 spiro atoms. The molecule has 0 saturated heterocycles. The fraction of sp³-hybridized carbons (Fsp3) is 0.286. The Morgan fingerprint density at radius 3 is 2.55 bits per heavy atom. The zero-order chi connectivity index (χ0) is 14.4. The number of halogens is 2. The first-order valence-corrected chi connectivity index (χ1v) is 6.38. The number of nitrogens with zero attached hydrogens (tertiary/aromatic N) is 2. The molecule has 0 atom stereocenters. The van der Waals surface area contributed by atoms with Gasteiger partial charge in [0.25, 0.3) is 0 Å². The molecule has 1 aromatic heterocycles. The second-order valence-corrected chi connectivity index (χ2v) is 4.35. The van der Waals surface area contributed by atoms with Gasteiger partial charge in [0.1, 0.15) is 18.2 Å². The van der Waals surface area contributed by atoms with Crippen molar-refractivity contribution in [2.24, 2.45) is 12.8 Å². The monoisotopic (exact) mass is 346 g/mol. The molecule has 0 aliphatic rings. The molecule has 6 nitrogen and oxygen atoms in total. The smallest absolute Gasteiger partial charge is 0.225 e. The molecule has 1 heterocycles. The van der Waals surface area contributed by atoms with Crippen LogP contribution >= 0.6 is 24.8 Å². The summed E-state index contributed by atoms with van der Waals surface area (Å²) in [6.45, 7) is 0.749. The quantitative estimate of drug-likeness (QED) is 0.839. The maximum atomic E-state index is 11.4. The lowest BCUT2D eigenvalue weighted by Crippen LogP contribution is -2.16. The number of aromatic nitrogens is 2. The van der Waals surface area contributed by atoms with Crippen LogP contribution < -0.4 is 15.8 Å². The van der Waals surface area contributed by atoms with Gasteiger partial charge in [-0.25, -0.2) is 4.98 Å². The van der Waals surface area contributed by atoms with Crippen molar-refractivity contribution >= 4 is 36.4 Å². The van der Waals surface area contributed by atoms with Crippen LogP contribution in [-0.2, 0) is 18.4 Å². The zero-order valence-electron chi connectivity index (χ0n) is 12.2. The molecule has 2 aromatic rings. The first-order valence-electron chi connectivity index (χ1n) is 6.38. The lowest BCUT2D eigenvalue weighted by Gasteiger charge is -2.08. The van der Waals surface area contributed by atoms with Crippen LogP contribution in [-0.4, -0.2) is 22.0 Å². The maximum absolute atomic E-state index is 11.4. The summed E-state index contributed by atoms with van der Waals surface area (Å²) in [5.41, 5.74) is 6.05. The van der Waals surface area contributed by atoms with Gasteiger partial charge in [0.2, 0.25) is 5.91 Å². The van der Waals surface area contributed by atoms with Gasteiger partial charge in [0, 0.05) is 38.1 Å². The topological polar surface area (TPSA) is 82.2 Å². The van der Waals surface area contributed by atoms with Gasteiger partial charge in [-0.15, -0.1) is 24.8 Å². The number of nitrogens with one attached hydrogen (secondary N) is 1. The number of hydrogen-bond donors (Lipinski definition) is 2. The summed E-state index contributed by atoms with van der Waals surface area (Å²) >= 11 is 0. The number of aryl methyl sites for hydroxylation is 1. The number of benzene rings is 1. The number of imidazole rings is 1. The summed E-state index contributed by atoms with van der Waals surface area (Å²) in [6, 6.07) is 7.20. The van der Waals surface area contributed by atoms with Crippen LogP contribution in [0, 0.1) is 0 Å². The third kappa shape index (κ3) is 5.93. The molecular formula is C14H20Cl2N4O2. The predicted octanol–water partition coefficient (Wildman–Crippen LogP) is 2.13. The standard InChI is InChI=1S/C14H18N4O2.2ClH/c1-18-9-8-16-13(18)10-20-12-4-2-11(3-5-12)17-14(19)6-7-15;;/h2-5,8-9H,6-7,10,15H2,1H3,(H,17,19);2*1H. The SMILES string of the molecule is Cl.Cl.Cn1ccnc1COc1ccc(NC(=O)CCN)cc1. The molecule has 0 aliphatic heterocycles. The Kier molecular flexibility index (Phi) is 9.24. The van der Waals surface area contributed by atoms with E-state index in [1.54, 1.807) is 30.5 Å². The number of carbonyl (C=O) groups excluding carboxylic acids is 1. The van der Waals surface area contributed by atoms with Crippen LogP contribution in [0.15, 0.2) is 36.7 Å². The Bertz CT molecular complexity index is 572. The minimum absolute atomic E-state index is 0. The minimum Gasteiger partial charge on any atom is -0.486 e. The third-order valence-electron chi connectivity index (χ3n) is 2.80. The molecule has 122 valence electrons. The summed E-state index contributed by atoms with van der Waals surface area (Å²) in [6.07, 6.45) is 3.92. The highest BCUT2D eigenvalue weighted by Crippen LogP contribution is 2.16. The van der Waals surface area contributed by atoms with Crippen LogP contribution in [0.1, 0.15) is 12.2 Å². The Balaban J connectivity index is 0.00000220. The second kappa shape index (κ2) is 10.0. The number of anilines is 1. The summed E-state index contributed by atoms with van der Waals surface area (Å²) in [5, 5.41) is 2.76. The van der Waals surface area contributed by atoms with Crippen molar-refractivity contribution in [3.8, 4) is 5.75 Å². The van der Waals surface area contributed by atoms with E-state index >= 15 is 0 Å². The molecule has 1 amide bonds. The Hall–Kier alpha value is -1.76. The molecule has 0 unspecified atom stereocenters. The Morgan fingerprint density at radius 2 is 2.00 bits per heavy atom. The van der Waals surface area contributed by atoms with Crippen LogP contribution in [0.3, 0.4) is 0 Å². The van der Waals surface area contributed by atoms with E-state index in [-0.39, 0.29) is 30.7 Å². The summed E-state index contributed by atoms with van der Waals surface area (Å²) in [5.74, 6) is 1.49. The molecule has 0 bridgehead atoms. The number of amides is 1. The largest absolute Gasteiger partial charge is 0.486 e. The average molecular weight is 347 g/mol. The van der Waals surface area contributed by atoms with Crippen molar-refractivity contribution in [1.29, 1.82) is 0 Å². The fourth-order valence-corrected chi connectivity index (χ4v) is 1.67. The van der Waals surface area contributed by atoms with E-state index in [0.717, 1.165) is 17.3 Å². The summed E-state index contributed by atoms with van der Waals surface area (Å²) in [4.78, 5) is 15.6. The van der Waals surface area contributed by atoms with E-state index < -0.39 is 0 Å². The van der Waals surface area contributed by atoms with Gasteiger partial charge in [0.05, 0.1) is 0 Å². The van der Waals surface area contributed by atoms with Gasteiger partial charge < -0.3 is 20.4 Å². The van der Waals surface area contributed by atoms with Crippen LogP contribution in [0.5, 0.6) is 5.75 Å². The van der Waals surface area contributed by atoms with E-state index in [2.05, 4.69) is 10.3 Å². The van der Waals surface area contributed by atoms with E-state index in [0.29, 0.717) is 19.6 Å². The van der Waals surface area contributed by atoms with Crippen molar-refractivity contribution < 1.29 is 9.53 Å². The number of hydrogen-bond acceptors (Lipinski definition) is 4. The van der Waals surface area contributed by atoms with Crippen LogP contribution in [0.2, 0.25) is 0 Å². The molecular weight excluding hydrogens is 327 g/mol. The third-order valence-corrected chi connectivity index (χ3v) is 2.80. The highest BCUT2D eigenvalue weighted by atomic mass is 35.5. The van der Waals surface area contributed by atoms with Crippen molar-refractivity contribution in [2.75, 3.05) is 11.9 Å². The Morgan fingerprint density at radius 1 is 1.32 bits per heavy atom. The van der Waals surface area contributed by atoms with E-state index in [1.807, 2.05) is 17.8 Å². The number of ether oxygens (including phenoxy) is 1. The number of nitrogens with two attached hydrogens (primary N) is 1. The minimum atomic E-state index is -0.0887. The van der Waals surface area contributed by atoms with Gasteiger partial charge in [0.15, 0.2) is 0 Å². The predicted molar refractivity (Wildman–Crippen MR) is 90.8 cm³/mol. The lowest BCUT2D eigenvalue weighted by molar-refractivity contribution is -0.116. The second-order valence-electron chi connectivity index (χ2n) is 4.35. The van der Waals surface area contributed by atoms with Crippen LogP contribution in [0.4, 0.5) is 5.69 Å². The molecule has 0 fully saturated rings. The number of rotatable bonds is 6. The van der Waals surface area contributed by atoms with E-state index in [4.69, 9.17) is 10.5 Å². The van der Waals surface area contributed by atoms with Crippen molar-refractivity contribution in [2.45, 2.75) is 13.0 Å². The van der Waals surface area contributed by atoms with Gasteiger partial charge >= 0.3 is 0 Å². The summed E-state index contributed by atoms with van der Waals surface area (Å²) < 4.78 is 7.53. The first kappa shape index (κ1) is 20.2. The lowest BCUT2D eigenvalue weighted by atomic mass is 10.3. The molecule has 1 aromatic carbocycles. The number of carbonyl (C=O) groups is 1. The van der Waals surface area contributed by atoms with Crippen molar-refractivity contribution in [3.05, 3.63) is 42.5 Å². The molecule has 8 heteroatoms. The normalized spacial score (nSPS) is 9.36. The van der Waals surface area contributed by atoms with E-state index in [9.17, 15) is 4.79 Å². The van der Waals surface area contributed by atoms with Crippen molar-refractivity contribution in [3.63, 3.8) is 0 Å². The summed E-state index contributed by atoms with van der Waals surface area (Å²) in [7, 11) is 1.92. The Labute approximate surface area is 141 Å². The van der Waals surface area contributed by atoms with Crippen molar-refractivity contribution in [1.82, 2.24) is 9.55 Å². The van der Waals surface area contributed by atoms with E-state index in [1.165, 1.54) is 0 Å². The molecule has 22 heavy (non-hydrogen) atoms. The molecule has 0 aliphatic carbocycles. The first-order chi connectivity index (χ1) is 9.69. The highest BCUT2D eigenvalue weighted by molar-refractivity contribution is 5.90. The molecule has 3 N–H and O–H groups in total. The average Bonchev–Trinajstić information content (AvgIpc) is 2.84. The molecule has 0 radical (unpaired) electrons. The van der Waals surface area contributed by atoms with Gasteiger partial charge in [-0.3, -0.25) is 4.79 Å². The van der Waals surface area contributed by atoms with Gasteiger partial charge in [-0.05, 0) is 24.3 Å². The zero-order valence-corrected chi connectivity index (χ0v) is 13.8.